The van der Waals surface area contributed by atoms with Gasteiger partial charge in [0.2, 0.25) is 0 Å². The van der Waals surface area contributed by atoms with E-state index in [2.05, 4.69) is 20.3 Å². The van der Waals surface area contributed by atoms with Crippen molar-refractivity contribution in [1.29, 1.82) is 0 Å². The van der Waals surface area contributed by atoms with Gasteiger partial charge >= 0.3 is 0 Å². The molecule has 0 saturated heterocycles. The van der Waals surface area contributed by atoms with Gasteiger partial charge in [0.25, 0.3) is 0 Å². The van der Waals surface area contributed by atoms with E-state index in [0.29, 0.717) is 5.82 Å². The number of benzene rings is 1. The molecule has 4 aromatic rings. The molecule has 0 bridgehead atoms. The number of imidazole rings is 1. The Kier molecular flexibility index (Phi) is 3.85. The molecule has 1 N–H and O–H groups in total. The van der Waals surface area contributed by atoms with Gasteiger partial charge in [-0.3, -0.25) is 4.98 Å². The second kappa shape index (κ2) is 6.45. The highest BCUT2D eigenvalue weighted by Gasteiger charge is 2.09. The van der Waals surface area contributed by atoms with E-state index in [1.54, 1.807) is 24.9 Å². The smallest absolute Gasteiger partial charge is 0.163 e. The van der Waals surface area contributed by atoms with Gasteiger partial charge in [-0.2, -0.15) is 0 Å². The summed E-state index contributed by atoms with van der Waals surface area (Å²) in [6.07, 6.45) is 9.05. The minimum absolute atomic E-state index is 0.673. The Morgan fingerprint density at radius 1 is 0.958 bits per heavy atom. The van der Waals surface area contributed by atoms with Gasteiger partial charge in [-0.25, -0.2) is 15.0 Å². The molecule has 0 aliphatic heterocycles. The molecule has 3 aromatic heterocycles. The monoisotopic (exact) mass is 316 g/mol. The molecular weight excluding hydrogens is 300 g/mol. The summed E-state index contributed by atoms with van der Waals surface area (Å²) < 4.78 is 2.03. The van der Waals surface area contributed by atoms with E-state index >= 15 is 0 Å². The molecule has 0 unspecified atom stereocenters. The Labute approximate surface area is 139 Å². The van der Waals surface area contributed by atoms with Crippen molar-refractivity contribution >= 4 is 16.7 Å². The van der Waals surface area contributed by atoms with Crippen LogP contribution in [0.25, 0.3) is 22.3 Å². The Morgan fingerprint density at radius 2 is 1.92 bits per heavy atom. The zero-order chi connectivity index (χ0) is 16.2. The number of nitrogens with zero attached hydrogens (tertiary/aromatic N) is 5. The molecule has 0 saturated carbocycles. The summed E-state index contributed by atoms with van der Waals surface area (Å²) in [5.41, 5.74) is 1.82. The lowest BCUT2D eigenvalue weighted by Gasteiger charge is -2.11. The summed E-state index contributed by atoms with van der Waals surface area (Å²) in [7, 11) is 0. The van der Waals surface area contributed by atoms with Crippen LogP contribution >= 0.6 is 0 Å². The summed E-state index contributed by atoms with van der Waals surface area (Å²) in [5.74, 6) is 1.51. The van der Waals surface area contributed by atoms with E-state index in [9.17, 15) is 0 Å². The van der Waals surface area contributed by atoms with Gasteiger partial charge in [-0.1, -0.05) is 12.1 Å². The number of rotatable bonds is 5. The highest BCUT2D eigenvalue weighted by molar-refractivity contribution is 5.90. The molecule has 0 fully saturated rings. The first-order valence-electron chi connectivity index (χ1n) is 7.77. The van der Waals surface area contributed by atoms with Crippen molar-refractivity contribution in [1.82, 2.24) is 24.5 Å². The maximum absolute atomic E-state index is 4.70. The lowest BCUT2D eigenvalue weighted by Crippen LogP contribution is -2.11. The molecule has 6 nitrogen and oxygen atoms in total. The number of fused-ring (bicyclic) bond motifs is 1. The first kappa shape index (κ1) is 14.3. The maximum atomic E-state index is 4.70. The van der Waals surface area contributed by atoms with Crippen LogP contribution in [0.4, 0.5) is 5.82 Å². The summed E-state index contributed by atoms with van der Waals surface area (Å²) >= 11 is 0. The predicted molar refractivity (Wildman–Crippen MR) is 93.5 cm³/mol. The minimum Gasteiger partial charge on any atom is -0.368 e. The van der Waals surface area contributed by atoms with Gasteiger partial charge < -0.3 is 9.88 Å². The van der Waals surface area contributed by atoms with E-state index in [4.69, 9.17) is 4.98 Å². The average Bonchev–Trinajstić information content (AvgIpc) is 3.16. The summed E-state index contributed by atoms with van der Waals surface area (Å²) in [4.78, 5) is 17.6. The zero-order valence-electron chi connectivity index (χ0n) is 13.0. The highest BCUT2D eigenvalue weighted by Crippen LogP contribution is 2.24. The van der Waals surface area contributed by atoms with E-state index in [1.165, 1.54) is 0 Å². The molecule has 0 atom stereocenters. The maximum Gasteiger partial charge on any atom is 0.163 e. The second-order valence-corrected chi connectivity index (χ2v) is 5.38. The number of anilines is 1. The van der Waals surface area contributed by atoms with E-state index < -0.39 is 0 Å². The number of pyridine rings is 1. The first-order valence-corrected chi connectivity index (χ1v) is 7.77. The molecule has 24 heavy (non-hydrogen) atoms. The van der Waals surface area contributed by atoms with Gasteiger partial charge in [0, 0.05) is 48.8 Å². The normalized spacial score (nSPS) is 10.8. The van der Waals surface area contributed by atoms with Crippen molar-refractivity contribution in [2.24, 2.45) is 0 Å². The van der Waals surface area contributed by atoms with Crippen molar-refractivity contribution in [3.05, 3.63) is 67.5 Å². The summed E-state index contributed by atoms with van der Waals surface area (Å²) in [6, 6.07) is 11.9. The summed E-state index contributed by atoms with van der Waals surface area (Å²) in [5, 5.41) is 4.43. The van der Waals surface area contributed by atoms with Crippen LogP contribution in [0.2, 0.25) is 0 Å². The lowest BCUT2D eigenvalue weighted by atomic mass is 10.2. The zero-order valence-corrected chi connectivity index (χ0v) is 13.0. The molecule has 6 heteroatoms. The van der Waals surface area contributed by atoms with Crippen molar-refractivity contribution in [3.63, 3.8) is 0 Å². The number of para-hydroxylation sites is 1. The third kappa shape index (κ3) is 2.94. The summed E-state index contributed by atoms with van der Waals surface area (Å²) in [6.45, 7) is 1.57. The van der Waals surface area contributed by atoms with E-state index in [0.717, 1.165) is 35.4 Å². The van der Waals surface area contributed by atoms with Crippen LogP contribution in [0, 0.1) is 0 Å². The van der Waals surface area contributed by atoms with Crippen molar-refractivity contribution < 1.29 is 0 Å². The van der Waals surface area contributed by atoms with Crippen LogP contribution < -0.4 is 5.32 Å². The Morgan fingerprint density at radius 3 is 2.75 bits per heavy atom. The number of aromatic nitrogens is 5. The van der Waals surface area contributed by atoms with Crippen molar-refractivity contribution in [3.8, 4) is 11.4 Å². The minimum atomic E-state index is 0.673. The van der Waals surface area contributed by atoms with Crippen LogP contribution in [0.5, 0.6) is 0 Å². The van der Waals surface area contributed by atoms with Crippen LogP contribution in [-0.4, -0.2) is 31.0 Å². The molecular formula is C18H16N6. The average molecular weight is 316 g/mol. The van der Waals surface area contributed by atoms with Crippen LogP contribution in [-0.2, 0) is 6.54 Å². The molecule has 3 heterocycles. The van der Waals surface area contributed by atoms with Crippen LogP contribution in [0.1, 0.15) is 0 Å². The Hall–Kier alpha value is -3.28. The SMILES string of the molecule is c1cncc(-c2nc(NCCn3ccnc3)c3ccccc3n2)c1. The second-order valence-electron chi connectivity index (χ2n) is 5.38. The van der Waals surface area contributed by atoms with Crippen molar-refractivity contribution in [2.45, 2.75) is 6.54 Å². The largest absolute Gasteiger partial charge is 0.368 e. The van der Waals surface area contributed by atoms with Gasteiger partial charge in [0.15, 0.2) is 5.82 Å². The first-order chi connectivity index (χ1) is 11.9. The fourth-order valence-corrected chi connectivity index (χ4v) is 2.56. The third-order valence-electron chi connectivity index (χ3n) is 3.74. The van der Waals surface area contributed by atoms with E-state index in [1.807, 2.05) is 47.2 Å². The molecule has 4 rings (SSSR count). The Balaban J connectivity index is 1.67. The molecule has 0 spiro atoms. The standard InChI is InChI=1S/C18H16N6/c1-2-6-16-15(5-1)18(21-9-11-24-10-8-20-13-24)23-17(22-16)14-4-3-7-19-12-14/h1-8,10,12-13H,9,11H2,(H,21,22,23). The molecule has 118 valence electrons. The number of hydrogen-bond acceptors (Lipinski definition) is 5. The van der Waals surface area contributed by atoms with Gasteiger partial charge in [-0.15, -0.1) is 0 Å². The molecule has 0 aliphatic carbocycles. The van der Waals surface area contributed by atoms with Crippen molar-refractivity contribution in [2.75, 3.05) is 11.9 Å². The Bertz CT molecular complexity index is 934. The van der Waals surface area contributed by atoms with Gasteiger partial charge in [0.1, 0.15) is 5.82 Å². The lowest BCUT2D eigenvalue weighted by molar-refractivity contribution is 0.726. The topological polar surface area (TPSA) is 68.5 Å². The highest BCUT2D eigenvalue weighted by atomic mass is 15.1. The molecule has 0 aliphatic rings. The van der Waals surface area contributed by atoms with Crippen LogP contribution in [0.15, 0.2) is 67.5 Å². The fourth-order valence-electron chi connectivity index (χ4n) is 2.56. The number of hydrogen-bond donors (Lipinski definition) is 1. The number of nitrogens with one attached hydrogen (secondary N) is 1. The third-order valence-corrected chi connectivity index (χ3v) is 3.74. The quantitative estimate of drug-likeness (QED) is 0.613. The van der Waals surface area contributed by atoms with Gasteiger partial charge in [0.05, 0.1) is 11.8 Å². The predicted octanol–water partition coefficient (Wildman–Crippen LogP) is 3.00. The molecule has 0 amide bonds. The molecule has 1 aromatic carbocycles. The van der Waals surface area contributed by atoms with Gasteiger partial charge in [-0.05, 0) is 24.3 Å². The van der Waals surface area contributed by atoms with E-state index in [-0.39, 0.29) is 0 Å². The van der Waals surface area contributed by atoms with Crippen LogP contribution in [0.3, 0.4) is 0 Å². The fraction of sp³-hybridized carbons (Fsp3) is 0.111. The molecule has 0 radical (unpaired) electrons.